The molecular weight excluding hydrogens is 362 g/mol. The van der Waals surface area contributed by atoms with Gasteiger partial charge in [0.25, 0.3) is 0 Å². The van der Waals surface area contributed by atoms with Crippen LogP contribution in [-0.4, -0.2) is 86.3 Å². The molecule has 3 rings (SSSR count). The molecule has 0 bridgehead atoms. The molecule has 0 aliphatic carbocycles. The van der Waals surface area contributed by atoms with Gasteiger partial charge in [0.05, 0.1) is 6.61 Å². The molecule has 8 nitrogen and oxygen atoms in total. The normalized spacial score (nSPS) is 16.3. The standard InChI is InChI=1S/C20H29N3O5/c1-16(24)22(11-12-26-2)6-5-20(25)23-9-7-21(8-10-23)14-17-3-4-18-19(13-17)28-15-27-18/h3-4,13H,5-12,14-15H2,1-2H3. The van der Waals surface area contributed by atoms with Crippen molar-refractivity contribution in [3.05, 3.63) is 23.8 Å². The Labute approximate surface area is 165 Å². The number of methoxy groups -OCH3 is 1. The second kappa shape index (κ2) is 9.75. The molecule has 0 unspecified atom stereocenters. The van der Waals surface area contributed by atoms with Gasteiger partial charge in [-0.15, -0.1) is 0 Å². The van der Waals surface area contributed by atoms with E-state index in [0.717, 1.165) is 31.1 Å². The Balaban J connectivity index is 1.41. The van der Waals surface area contributed by atoms with Crippen molar-refractivity contribution in [1.82, 2.24) is 14.7 Å². The summed E-state index contributed by atoms with van der Waals surface area (Å²) in [5.74, 6) is 1.67. The highest BCUT2D eigenvalue weighted by molar-refractivity contribution is 5.78. The van der Waals surface area contributed by atoms with E-state index in [1.54, 1.807) is 12.0 Å². The molecule has 2 aliphatic rings. The van der Waals surface area contributed by atoms with E-state index in [4.69, 9.17) is 14.2 Å². The van der Waals surface area contributed by atoms with E-state index < -0.39 is 0 Å². The topological polar surface area (TPSA) is 71.6 Å². The first-order chi connectivity index (χ1) is 13.6. The van der Waals surface area contributed by atoms with Gasteiger partial charge in [0.2, 0.25) is 18.6 Å². The average Bonchev–Trinajstić information content (AvgIpc) is 3.16. The van der Waals surface area contributed by atoms with Crippen molar-refractivity contribution in [3.8, 4) is 11.5 Å². The number of hydrogen-bond donors (Lipinski definition) is 0. The van der Waals surface area contributed by atoms with Gasteiger partial charge >= 0.3 is 0 Å². The SMILES string of the molecule is COCCN(CCC(=O)N1CCN(Cc2ccc3c(c2)OCO3)CC1)C(C)=O. The van der Waals surface area contributed by atoms with E-state index in [9.17, 15) is 9.59 Å². The Bertz CT molecular complexity index is 688. The number of hydrogen-bond acceptors (Lipinski definition) is 6. The fraction of sp³-hybridized carbons (Fsp3) is 0.600. The molecule has 0 spiro atoms. The number of rotatable bonds is 8. The van der Waals surface area contributed by atoms with E-state index in [1.807, 2.05) is 17.0 Å². The van der Waals surface area contributed by atoms with Crippen molar-refractivity contribution in [2.24, 2.45) is 0 Å². The van der Waals surface area contributed by atoms with Crippen molar-refractivity contribution >= 4 is 11.8 Å². The lowest BCUT2D eigenvalue weighted by Crippen LogP contribution is -2.49. The van der Waals surface area contributed by atoms with Crippen LogP contribution in [0.25, 0.3) is 0 Å². The molecule has 2 heterocycles. The van der Waals surface area contributed by atoms with Crippen LogP contribution in [0.5, 0.6) is 11.5 Å². The van der Waals surface area contributed by atoms with Crippen LogP contribution in [0.3, 0.4) is 0 Å². The van der Waals surface area contributed by atoms with Crippen LogP contribution in [0.4, 0.5) is 0 Å². The van der Waals surface area contributed by atoms with Gasteiger partial charge < -0.3 is 24.0 Å². The predicted molar refractivity (Wildman–Crippen MR) is 103 cm³/mol. The molecule has 1 saturated heterocycles. The van der Waals surface area contributed by atoms with Crippen LogP contribution < -0.4 is 9.47 Å². The van der Waals surface area contributed by atoms with Gasteiger partial charge in [0.15, 0.2) is 11.5 Å². The number of benzene rings is 1. The van der Waals surface area contributed by atoms with E-state index >= 15 is 0 Å². The highest BCUT2D eigenvalue weighted by atomic mass is 16.7. The minimum Gasteiger partial charge on any atom is -0.454 e. The number of amides is 2. The number of carbonyl (C=O) groups is 2. The molecule has 0 atom stereocenters. The van der Waals surface area contributed by atoms with Crippen LogP contribution in [0.1, 0.15) is 18.9 Å². The van der Waals surface area contributed by atoms with Crippen LogP contribution >= 0.6 is 0 Å². The van der Waals surface area contributed by atoms with Gasteiger partial charge in [-0.25, -0.2) is 0 Å². The molecule has 0 saturated carbocycles. The number of piperazine rings is 1. The molecule has 8 heteroatoms. The Morgan fingerprint density at radius 2 is 1.86 bits per heavy atom. The van der Waals surface area contributed by atoms with Gasteiger partial charge in [0, 0.05) is 66.3 Å². The maximum absolute atomic E-state index is 12.5. The van der Waals surface area contributed by atoms with E-state index in [1.165, 1.54) is 12.5 Å². The van der Waals surface area contributed by atoms with Crippen LogP contribution in [-0.2, 0) is 20.9 Å². The highest BCUT2D eigenvalue weighted by Crippen LogP contribution is 2.32. The van der Waals surface area contributed by atoms with Gasteiger partial charge in [-0.05, 0) is 17.7 Å². The Morgan fingerprint density at radius 1 is 1.11 bits per heavy atom. The van der Waals surface area contributed by atoms with Gasteiger partial charge in [-0.1, -0.05) is 6.07 Å². The zero-order chi connectivity index (χ0) is 19.9. The maximum atomic E-state index is 12.5. The summed E-state index contributed by atoms with van der Waals surface area (Å²) >= 11 is 0. The average molecular weight is 391 g/mol. The summed E-state index contributed by atoms with van der Waals surface area (Å²) in [5, 5.41) is 0. The van der Waals surface area contributed by atoms with Gasteiger partial charge in [-0.2, -0.15) is 0 Å². The third-order valence-electron chi connectivity index (χ3n) is 5.17. The molecule has 0 N–H and O–H groups in total. The number of nitrogens with zero attached hydrogens (tertiary/aromatic N) is 3. The van der Waals surface area contributed by atoms with Crippen molar-refractivity contribution in [2.45, 2.75) is 19.9 Å². The summed E-state index contributed by atoms with van der Waals surface area (Å²) < 4.78 is 15.8. The lowest BCUT2D eigenvalue weighted by Gasteiger charge is -2.35. The zero-order valence-electron chi connectivity index (χ0n) is 16.7. The van der Waals surface area contributed by atoms with Gasteiger partial charge in [0.1, 0.15) is 0 Å². The van der Waals surface area contributed by atoms with Crippen LogP contribution in [0, 0.1) is 0 Å². The summed E-state index contributed by atoms with van der Waals surface area (Å²) in [4.78, 5) is 30.0. The first-order valence-corrected chi connectivity index (χ1v) is 9.70. The largest absolute Gasteiger partial charge is 0.454 e. The van der Waals surface area contributed by atoms with E-state index in [-0.39, 0.29) is 18.6 Å². The van der Waals surface area contributed by atoms with Crippen LogP contribution in [0.2, 0.25) is 0 Å². The minimum atomic E-state index is -0.0293. The first kappa shape index (κ1) is 20.4. The Kier molecular flexibility index (Phi) is 7.11. The molecule has 1 aromatic carbocycles. The zero-order valence-corrected chi connectivity index (χ0v) is 16.7. The third-order valence-corrected chi connectivity index (χ3v) is 5.17. The van der Waals surface area contributed by atoms with Crippen molar-refractivity contribution < 1.29 is 23.8 Å². The van der Waals surface area contributed by atoms with E-state index in [2.05, 4.69) is 11.0 Å². The Morgan fingerprint density at radius 3 is 2.57 bits per heavy atom. The smallest absolute Gasteiger partial charge is 0.231 e. The van der Waals surface area contributed by atoms with Gasteiger partial charge in [-0.3, -0.25) is 14.5 Å². The van der Waals surface area contributed by atoms with Crippen LogP contribution in [0.15, 0.2) is 18.2 Å². The predicted octanol–water partition coefficient (Wildman–Crippen LogP) is 0.945. The maximum Gasteiger partial charge on any atom is 0.231 e. The molecule has 2 aliphatic heterocycles. The molecule has 0 aromatic heterocycles. The molecule has 1 fully saturated rings. The number of ether oxygens (including phenoxy) is 3. The summed E-state index contributed by atoms with van der Waals surface area (Å²) in [6.07, 6.45) is 0.353. The van der Waals surface area contributed by atoms with E-state index in [0.29, 0.717) is 39.2 Å². The van der Waals surface area contributed by atoms with Crippen molar-refractivity contribution in [2.75, 3.05) is 59.8 Å². The monoisotopic (exact) mass is 391 g/mol. The Hall–Kier alpha value is -2.32. The number of fused-ring (bicyclic) bond motifs is 1. The molecule has 28 heavy (non-hydrogen) atoms. The van der Waals surface area contributed by atoms with Crippen molar-refractivity contribution in [1.29, 1.82) is 0 Å². The number of carbonyl (C=O) groups excluding carboxylic acids is 2. The highest BCUT2D eigenvalue weighted by Gasteiger charge is 2.22. The molecule has 0 radical (unpaired) electrons. The second-order valence-corrected chi connectivity index (χ2v) is 7.09. The molecule has 1 aromatic rings. The summed E-state index contributed by atoms with van der Waals surface area (Å²) in [6.45, 7) is 7.15. The molecule has 154 valence electrons. The molecular formula is C20H29N3O5. The quantitative estimate of drug-likeness (QED) is 0.657. The summed E-state index contributed by atoms with van der Waals surface area (Å²) in [6, 6.07) is 6.03. The minimum absolute atomic E-state index is 0.0293. The lowest BCUT2D eigenvalue weighted by atomic mass is 10.1. The summed E-state index contributed by atoms with van der Waals surface area (Å²) in [5.41, 5.74) is 1.18. The van der Waals surface area contributed by atoms with Crippen molar-refractivity contribution in [3.63, 3.8) is 0 Å². The molecule has 2 amide bonds. The summed E-state index contributed by atoms with van der Waals surface area (Å²) in [7, 11) is 1.60. The fourth-order valence-corrected chi connectivity index (χ4v) is 3.47. The first-order valence-electron chi connectivity index (χ1n) is 9.70. The second-order valence-electron chi connectivity index (χ2n) is 7.09. The fourth-order valence-electron chi connectivity index (χ4n) is 3.47. The lowest BCUT2D eigenvalue weighted by molar-refractivity contribution is -0.135. The third kappa shape index (κ3) is 5.36.